The molecule has 0 aliphatic rings. The molecule has 3 heteroatoms. The summed E-state index contributed by atoms with van der Waals surface area (Å²) < 4.78 is 11.3. The number of aliphatic hydroxyl groups excluding tert-OH is 1. The second kappa shape index (κ2) is 4.15. The van der Waals surface area contributed by atoms with Gasteiger partial charge in [0.2, 0.25) is 0 Å². The molecule has 0 saturated carbocycles. The summed E-state index contributed by atoms with van der Waals surface area (Å²) in [5, 5.41) is 8.68. The highest BCUT2D eigenvalue weighted by molar-refractivity contribution is 7.62. The summed E-state index contributed by atoms with van der Waals surface area (Å²) in [6.45, 7) is 5.80. The summed E-state index contributed by atoms with van der Waals surface area (Å²) in [6, 6.07) is 0. The van der Waals surface area contributed by atoms with Crippen LogP contribution in [0.2, 0.25) is 0 Å². The molecule has 2 nitrogen and oxygen atoms in total. The molecule has 2 atom stereocenters. The average molecular weight is 164 g/mol. The van der Waals surface area contributed by atoms with Crippen LogP contribution in [-0.4, -0.2) is 24.3 Å². The van der Waals surface area contributed by atoms with E-state index < -0.39 is 7.14 Å². The summed E-state index contributed by atoms with van der Waals surface area (Å²) in [5.74, 6) is 0.475. The van der Waals surface area contributed by atoms with E-state index in [4.69, 9.17) is 5.11 Å². The highest BCUT2D eigenvalue weighted by Gasteiger charge is 2.16. The van der Waals surface area contributed by atoms with E-state index in [0.717, 1.165) is 6.42 Å². The predicted octanol–water partition coefficient (Wildman–Crippen LogP) is 1.98. The number of aliphatic hydroxyl groups is 1. The van der Waals surface area contributed by atoms with Crippen molar-refractivity contribution in [1.82, 2.24) is 0 Å². The Hall–Kier alpha value is 0.190. The molecule has 0 rings (SSSR count). The molecule has 0 saturated heterocycles. The maximum Gasteiger partial charge on any atom is 0.109 e. The monoisotopic (exact) mass is 164 g/mol. The van der Waals surface area contributed by atoms with Gasteiger partial charge in [-0.25, -0.2) is 0 Å². The van der Waals surface area contributed by atoms with Crippen molar-refractivity contribution in [2.24, 2.45) is 5.92 Å². The van der Waals surface area contributed by atoms with Gasteiger partial charge in [-0.1, -0.05) is 20.3 Å². The average Bonchev–Trinajstić information content (AvgIpc) is 1.87. The van der Waals surface area contributed by atoms with Gasteiger partial charge >= 0.3 is 0 Å². The SMILES string of the molecule is CCC(C)C[P@](C)(=O)CO. The minimum absolute atomic E-state index is 0.142. The third kappa shape index (κ3) is 4.08. The first kappa shape index (κ1) is 10.2. The fourth-order valence-electron chi connectivity index (χ4n) is 0.846. The summed E-state index contributed by atoms with van der Waals surface area (Å²) >= 11 is 0. The van der Waals surface area contributed by atoms with Crippen molar-refractivity contribution in [3.63, 3.8) is 0 Å². The van der Waals surface area contributed by atoms with E-state index in [1.807, 2.05) is 0 Å². The van der Waals surface area contributed by atoms with Crippen LogP contribution >= 0.6 is 7.14 Å². The zero-order valence-corrected chi connectivity index (χ0v) is 7.90. The van der Waals surface area contributed by atoms with E-state index in [1.54, 1.807) is 6.66 Å². The maximum atomic E-state index is 11.3. The van der Waals surface area contributed by atoms with Crippen LogP contribution < -0.4 is 0 Å². The molecule has 0 aliphatic carbocycles. The van der Waals surface area contributed by atoms with Crippen molar-refractivity contribution in [1.29, 1.82) is 0 Å². The van der Waals surface area contributed by atoms with Crippen molar-refractivity contribution in [2.75, 3.05) is 19.2 Å². The summed E-state index contributed by atoms with van der Waals surface area (Å²) in [4.78, 5) is 0. The van der Waals surface area contributed by atoms with Crippen LogP contribution in [0.5, 0.6) is 0 Å². The molecule has 0 amide bonds. The molecule has 0 aliphatic heterocycles. The van der Waals surface area contributed by atoms with Gasteiger partial charge in [-0.05, 0) is 12.6 Å². The quantitative estimate of drug-likeness (QED) is 0.645. The van der Waals surface area contributed by atoms with E-state index in [2.05, 4.69) is 13.8 Å². The second-order valence-corrected chi connectivity index (χ2v) is 6.38. The molecule has 0 spiro atoms. The molecule has 0 aromatic rings. The Bertz CT molecular complexity index is 134. The van der Waals surface area contributed by atoms with E-state index in [1.165, 1.54) is 0 Å². The van der Waals surface area contributed by atoms with E-state index in [0.29, 0.717) is 12.1 Å². The van der Waals surface area contributed by atoms with Crippen LogP contribution in [0.25, 0.3) is 0 Å². The molecule has 0 fully saturated rings. The first-order chi connectivity index (χ1) is 4.52. The minimum Gasteiger partial charge on any atom is -0.389 e. The van der Waals surface area contributed by atoms with Crippen molar-refractivity contribution in [2.45, 2.75) is 20.3 Å². The van der Waals surface area contributed by atoms with E-state index >= 15 is 0 Å². The molecule has 62 valence electrons. The second-order valence-electron chi connectivity index (χ2n) is 3.13. The zero-order valence-electron chi connectivity index (χ0n) is 7.00. The Kier molecular flexibility index (Phi) is 4.23. The van der Waals surface area contributed by atoms with E-state index in [9.17, 15) is 4.57 Å². The molecule has 0 heterocycles. The lowest BCUT2D eigenvalue weighted by atomic mass is 10.2. The molecule has 0 bridgehead atoms. The summed E-state index contributed by atoms with van der Waals surface area (Å²) in [7, 11) is -2.19. The van der Waals surface area contributed by atoms with Gasteiger partial charge < -0.3 is 9.67 Å². The maximum absolute atomic E-state index is 11.3. The van der Waals surface area contributed by atoms with Crippen molar-refractivity contribution in [3.8, 4) is 0 Å². The molecule has 0 aromatic carbocycles. The number of hydrogen-bond donors (Lipinski definition) is 1. The third-order valence-electron chi connectivity index (χ3n) is 1.69. The highest BCUT2D eigenvalue weighted by atomic mass is 31.2. The number of hydrogen-bond acceptors (Lipinski definition) is 2. The van der Waals surface area contributed by atoms with Crippen molar-refractivity contribution < 1.29 is 9.67 Å². The van der Waals surface area contributed by atoms with Gasteiger partial charge in [0, 0.05) is 6.16 Å². The molecular weight excluding hydrogens is 147 g/mol. The lowest BCUT2D eigenvalue weighted by molar-refractivity contribution is 0.357. The standard InChI is InChI=1S/C7H17O2P/c1-4-7(2)5-10(3,9)6-8/h7-8H,4-6H2,1-3H3/t7?,10-/m0/s1. The largest absolute Gasteiger partial charge is 0.389 e. The molecule has 1 N–H and O–H groups in total. The van der Waals surface area contributed by atoms with Gasteiger partial charge in [-0.3, -0.25) is 0 Å². The Morgan fingerprint density at radius 2 is 2.10 bits per heavy atom. The van der Waals surface area contributed by atoms with Crippen molar-refractivity contribution >= 4 is 7.14 Å². The van der Waals surface area contributed by atoms with Gasteiger partial charge in [0.25, 0.3) is 0 Å². The topological polar surface area (TPSA) is 37.3 Å². The van der Waals surface area contributed by atoms with Gasteiger partial charge in [-0.2, -0.15) is 0 Å². The summed E-state index contributed by atoms with van der Waals surface area (Å²) in [5.41, 5.74) is 0. The normalized spacial score (nSPS) is 20.0. The minimum atomic E-state index is -2.19. The first-order valence-corrected chi connectivity index (χ1v) is 6.20. The Morgan fingerprint density at radius 3 is 2.40 bits per heavy atom. The Labute approximate surface area is 63.0 Å². The first-order valence-electron chi connectivity index (χ1n) is 3.68. The lowest BCUT2D eigenvalue weighted by Gasteiger charge is -2.13. The zero-order chi connectivity index (χ0) is 8.20. The molecule has 10 heavy (non-hydrogen) atoms. The van der Waals surface area contributed by atoms with Gasteiger partial charge in [0.05, 0.1) is 6.35 Å². The Morgan fingerprint density at radius 1 is 1.60 bits per heavy atom. The molecule has 0 radical (unpaired) electrons. The van der Waals surface area contributed by atoms with Crippen LogP contribution in [0.1, 0.15) is 20.3 Å². The van der Waals surface area contributed by atoms with Crippen LogP contribution in [0.15, 0.2) is 0 Å². The molecule has 0 aromatic heterocycles. The third-order valence-corrected chi connectivity index (χ3v) is 3.69. The Balaban J connectivity index is 3.77. The van der Waals surface area contributed by atoms with Gasteiger partial charge in [0.15, 0.2) is 0 Å². The van der Waals surface area contributed by atoms with Crippen LogP contribution in [-0.2, 0) is 4.57 Å². The fraction of sp³-hybridized carbons (Fsp3) is 1.00. The molecular formula is C7H17O2P. The van der Waals surface area contributed by atoms with Gasteiger partial charge in [0.1, 0.15) is 7.14 Å². The highest BCUT2D eigenvalue weighted by Crippen LogP contribution is 2.41. The van der Waals surface area contributed by atoms with Crippen LogP contribution in [0.4, 0.5) is 0 Å². The van der Waals surface area contributed by atoms with Crippen LogP contribution in [0, 0.1) is 5.92 Å². The fourth-order valence-corrected chi connectivity index (χ4v) is 2.54. The number of rotatable bonds is 4. The van der Waals surface area contributed by atoms with Gasteiger partial charge in [-0.15, -0.1) is 0 Å². The lowest BCUT2D eigenvalue weighted by Crippen LogP contribution is -2.02. The smallest absolute Gasteiger partial charge is 0.109 e. The van der Waals surface area contributed by atoms with E-state index in [-0.39, 0.29) is 6.35 Å². The van der Waals surface area contributed by atoms with Crippen LogP contribution in [0.3, 0.4) is 0 Å². The summed E-state index contributed by atoms with van der Waals surface area (Å²) in [6.07, 6.45) is 1.58. The van der Waals surface area contributed by atoms with Crippen molar-refractivity contribution in [3.05, 3.63) is 0 Å². The molecule has 1 unspecified atom stereocenters. The predicted molar refractivity (Wildman–Crippen MR) is 44.9 cm³/mol.